The summed E-state index contributed by atoms with van der Waals surface area (Å²) in [5.74, 6) is 1.35. The number of nitrogens with zero attached hydrogens (tertiary/aromatic N) is 2. The second kappa shape index (κ2) is 6.74. The van der Waals surface area contributed by atoms with Crippen molar-refractivity contribution in [2.75, 3.05) is 25.0 Å². The van der Waals surface area contributed by atoms with Gasteiger partial charge < -0.3 is 10.2 Å². The molecule has 21 heavy (non-hydrogen) atoms. The summed E-state index contributed by atoms with van der Waals surface area (Å²) in [5, 5.41) is 3.19. The normalized spacial score (nSPS) is 16.3. The Bertz CT molecular complexity index is 545. The fourth-order valence-electron chi connectivity index (χ4n) is 2.63. The van der Waals surface area contributed by atoms with E-state index in [0.29, 0.717) is 17.6 Å². The molecule has 0 aliphatic carbocycles. The van der Waals surface area contributed by atoms with Crippen LogP contribution in [-0.4, -0.2) is 40.4 Å². The van der Waals surface area contributed by atoms with Crippen molar-refractivity contribution in [2.45, 2.75) is 33.6 Å². The summed E-state index contributed by atoms with van der Waals surface area (Å²) in [6.45, 7) is 8.10. The Morgan fingerprint density at radius 1 is 1.48 bits per heavy atom. The fourth-order valence-corrected chi connectivity index (χ4v) is 2.63. The van der Waals surface area contributed by atoms with Crippen molar-refractivity contribution in [1.82, 2.24) is 14.9 Å². The highest BCUT2D eigenvalue weighted by atomic mass is 16.2. The molecule has 116 valence electrons. The molecule has 0 saturated carbocycles. The molecule has 0 spiro atoms. The highest BCUT2D eigenvalue weighted by Crippen LogP contribution is 2.19. The first-order chi connectivity index (χ1) is 9.95. The van der Waals surface area contributed by atoms with Crippen LogP contribution in [0.5, 0.6) is 0 Å². The van der Waals surface area contributed by atoms with Crippen molar-refractivity contribution in [3.63, 3.8) is 0 Å². The van der Waals surface area contributed by atoms with Crippen LogP contribution in [0.1, 0.15) is 32.4 Å². The number of likely N-dealkylation sites (tertiary alicyclic amines) is 1. The van der Waals surface area contributed by atoms with Gasteiger partial charge in [0.05, 0.1) is 0 Å². The van der Waals surface area contributed by atoms with Crippen LogP contribution in [0, 0.1) is 18.8 Å². The van der Waals surface area contributed by atoms with Crippen molar-refractivity contribution in [2.24, 2.45) is 11.8 Å². The number of nitrogens with one attached hydrogen (secondary N) is 2. The van der Waals surface area contributed by atoms with Gasteiger partial charge >= 0.3 is 0 Å². The van der Waals surface area contributed by atoms with Crippen LogP contribution in [0.25, 0.3) is 0 Å². The third-order valence-corrected chi connectivity index (χ3v) is 3.85. The Kier molecular flexibility index (Phi) is 4.98. The number of aromatic amines is 1. The summed E-state index contributed by atoms with van der Waals surface area (Å²) in [6.07, 6.45) is 1.98. The molecule has 0 unspecified atom stereocenters. The summed E-state index contributed by atoms with van der Waals surface area (Å²) in [6, 6.07) is 1.47. The van der Waals surface area contributed by atoms with Gasteiger partial charge in [-0.05, 0) is 25.7 Å². The van der Waals surface area contributed by atoms with Crippen LogP contribution in [0.15, 0.2) is 10.9 Å². The molecule has 0 aromatic carbocycles. The Balaban J connectivity index is 1.81. The van der Waals surface area contributed by atoms with Gasteiger partial charge in [0.15, 0.2) is 0 Å². The predicted molar refractivity (Wildman–Crippen MR) is 82.2 cm³/mol. The molecular formula is C15H24N4O2. The third-order valence-electron chi connectivity index (χ3n) is 3.85. The summed E-state index contributed by atoms with van der Waals surface area (Å²) in [4.78, 5) is 32.2. The van der Waals surface area contributed by atoms with E-state index >= 15 is 0 Å². The van der Waals surface area contributed by atoms with Gasteiger partial charge in [0.2, 0.25) is 11.9 Å². The quantitative estimate of drug-likeness (QED) is 0.879. The van der Waals surface area contributed by atoms with E-state index in [9.17, 15) is 9.59 Å². The number of anilines is 1. The molecule has 1 aromatic heterocycles. The van der Waals surface area contributed by atoms with E-state index in [1.807, 2.05) is 18.7 Å². The van der Waals surface area contributed by atoms with Crippen LogP contribution < -0.4 is 10.9 Å². The number of carbonyl (C=O) groups is 1. The van der Waals surface area contributed by atoms with E-state index in [2.05, 4.69) is 15.3 Å². The van der Waals surface area contributed by atoms with Crippen molar-refractivity contribution in [3.05, 3.63) is 22.1 Å². The number of carbonyl (C=O) groups excluding carboxylic acids is 1. The van der Waals surface area contributed by atoms with E-state index in [0.717, 1.165) is 32.5 Å². The molecule has 1 aliphatic heterocycles. The molecule has 0 radical (unpaired) electrons. The number of hydrogen-bond acceptors (Lipinski definition) is 4. The fraction of sp³-hybridized carbons (Fsp3) is 0.667. The lowest BCUT2D eigenvalue weighted by molar-refractivity contribution is -0.135. The van der Waals surface area contributed by atoms with Crippen molar-refractivity contribution >= 4 is 11.9 Å². The minimum absolute atomic E-state index is 0.0706. The molecule has 2 heterocycles. The molecule has 0 bridgehead atoms. The van der Waals surface area contributed by atoms with Crippen LogP contribution in [0.3, 0.4) is 0 Å². The zero-order valence-corrected chi connectivity index (χ0v) is 13.0. The van der Waals surface area contributed by atoms with E-state index in [1.165, 1.54) is 6.07 Å². The highest BCUT2D eigenvalue weighted by molar-refractivity contribution is 5.78. The lowest BCUT2D eigenvalue weighted by Gasteiger charge is -2.33. The molecule has 2 rings (SSSR count). The number of piperidine rings is 1. The molecular weight excluding hydrogens is 268 g/mol. The van der Waals surface area contributed by atoms with Crippen LogP contribution in [0.2, 0.25) is 0 Å². The maximum absolute atomic E-state index is 11.9. The Morgan fingerprint density at radius 2 is 2.14 bits per heavy atom. The molecule has 2 N–H and O–H groups in total. The average Bonchev–Trinajstić information content (AvgIpc) is 2.44. The monoisotopic (exact) mass is 292 g/mol. The first kappa shape index (κ1) is 15.5. The summed E-state index contributed by atoms with van der Waals surface area (Å²) in [5.41, 5.74) is 0.570. The second-order valence-electron chi connectivity index (χ2n) is 6.04. The number of amides is 1. The lowest BCUT2D eigenvalue weighted by Crippen LogP contribution is -2.41. The number of aromatic nitrogens is 2. The summed E-state index contributed by atoms with van der Waals surface area (Å²) < 4.78 is 0. The maximum atomic E-state index is 11.9. The lowest BCUT2D eigenvalue weighted by atomic mass is 9.96. The zero-order valence-electron chi connectivity index (χ0n) is 13.0. The Morgan fingerprint density at radius 3 is 2.71 bits per heavy atom. The van der Waals surface area contributed by atoms with Gasteiger partial charge in [0.1, 0.15) is 0 Å². The van der Waals surface area contributed by atoms with Gasteiger partial charge in [0, 0.05) is 37.3 Å². The van der Waals surface area contributed by atoms with Gasteiger partial charge in [-0.1, -0.05) is 13.8 Å². The second-order valence-corrected chi connectivity index (χ2v) is 6.04. The van der Waals surface area contributed by atoms with Gasteiger partial charge in [-0.15, -0.1) is 0 Å². The summed E-state index contributed by atoms with van der Waals surface area (Å²) >= 11 is 0. The van der Waals surface area contributed by atoms with E-state index in [1.54, 1.807) is 6.92 Å². The molecule has 1 amide bonds. The first-order valence-electron chi connectivity index (χ1n) is 7.56. The maximum Gasteiger partial charge on any atom is 0.252 e. The molecule has 1 fully saturated rings. The molecule has 1 aromatic rings. The molecule has 6 heteroatoms. The minimum Gasteiger partial charge on any atom is -0.355 e. The molecule has 1 aliphatic rings. The summed E-state index contributed by atoms with van der Waals surface area (Å²) in [7, 11) is 0. The van der Waals surface area contributed by atoms with E-state index in [4.69, 9.17) is 0 Å². The van der Waals surface area contributed by atoms with Gasteiger partial charge in [-0.25, -0.2) is 4.98 Å². The van der Waals surface area contributed by atoms with Crippen LogP contribution >= 0.6 is 0 Å². The molecule has 6 nitrogen and oxygen atoms in total. The SMILES string of the molecule is Cc1cc(=O)[nH]c(NCC2CCN(C(=O)C(C)C)CC2)n1. The topological polar surface area (TPSA) is 78.1 Å². The van der Waals surface area contributed by atoms with Crippen molar-refractivity contribution in [3.8, 4) is 0 Å². The average molecular weight is 292 g/mol. The van der Waals surface area contributed by atoms with Crippen molar-refractivity contribution < 1.29 is 4.79 Å². The van der Waals surface area contributed by atoms with Crippen molar-refractivity contribution in [1.29, 1.82) is 0 Å². The minimum atomic E-state index is -0.137. The molecule has 0 atom stereocenters. The number of H-pyrrole nitrogens is 1. The number of aryl methyl sites for hydroxylation is 1. The Labute approximate surface area is 125 Å². The van der Waals surface area contributed by atoms with Gasteiger partial charge in [-0.2, -0.15) is 0 Å². The van der Waals surface area contributed by atoms with Crippen LogP contribution in [0.4, 0.5) is 5.95 Å². The number of hydrogen-bond donors (Lipinski definition) is 2. The van der Waals surface area contributed by atoms with E-state index in [-0.39, 0.29) is 17.4 Å². The third kappa shape index (κ3) is 4.31. The molecule has 1 saturated heterocycles. The van der Waals surface area contributed by atoms with Gasteiger partial charge in [0.25, 0.3) is 5.56 Å². The first-order valence-corrected chi connectivity index (χ1v) is 7.56. The van der Waals surface area contributed by atoms with Gasteiger partial charge in [-0.3, -0.25) is 14.6 Å². The number of rotatable bonds is 4. The van der Waals surface area contributed by atoms with Crippen LogP contribution in [-0.2, 0) is 4.79 Å². The Hall–Kier alpha value is -1.85. The standard InChI is InChI=1S/C15H24N4O2/c1-10(2)14(21)19-6-4-12(5-7-19)9-16-15-17-11(3)8-13(20)18-15/h8,10,12H,4-7,9H2,1-3H3,(H2,16,17,18,20). The largest absolute Gasteiger partial charge is 0.355 e. The zero-order chi connectivity index (χ0) is 15.4. The smallest absolute Gasteiger partial charge is 0.252 e. The highest BCUT2D eigenvalue weighted by Gasteiger charge is 2.24. The van der Waals surface area contributed by atoms with E-state index < -0.39 is 0 Å². The predicted octanol–water partition coefficient (Wildman–Crippen LogP) is 1.38.